The first kappa shape index (κ1) is 20.7. The minimum Gasteiger partial charge on any atom is -0.481 e. The largest absolute Gasteiger partial charge is 0.481 e. The second-order valence-electron chi connectivity index (χ2n) is 11.4. The van der Waals surface area contributed by atoms with Crippen LogP contribution in [0.3, 0.4) is 0 Å². The number of aliphatic hydroxyl groups is 2. The molecule has 0 aromatic rings. The number of fused-ring (bicyclic) bond motifs is 5. The van der Waals surface area contributed by atoms with Gasteiger partial charge in [-0.3, -0.25) is 4.79 Å². The van der Waals surface area contributed by atoms with Crippen molar-refractivity contribution in [3.8, 4) is 0 Å². The van der Waals surface area contributed by atoms with Gasteiger partial charge in [-0.2, -0.15) is 0 Å². The molecule has 0 heterocycles. The SMILES string of the molecule is C[C@H](CCC(=O)O)C1CC[C@H]2C3[C@@H](O)C[C@@H]4C[C@H](O)CC[C@]4(C)[C@H]3CC[C@]12C. The van der Waals surface area contributed by atoms with Crippen LogP contribution >= 0.6 is 0 Å². The second-order valence-corrected chi connectivity index (χ2v) is 11.4. The van der Waals surface area contributed by atoms with Gasteiger partial charge in [-0.1, -0.05) is 20.8 Å². The Hall–Kier alpha value is -0.610. The van der Waals surface area contributed by atoms with E-state index in [1.165, 1.54) is 25.7 Å². The Bertz CT molecular complexity index is 605. The lowest BCUT2D eigenvalue weighted by Crippen LogP contribution is -2.58. The maximum atomic E-state index is 11.2. The molecule has 4 aliphatic carbocycles. The highest BCUT2D eigenvalue weighted by Crippen LogP contribution is 2.68. The Balaban J connectivity index is 1.55. The molecule has 28 heavy (non-hydrogen) atoms. The van der Waals surface area contributed by atoms with Crippen LogP contribution < -0.4 is 0 Å². The topological polar surface area (TPSA) is 77.8 Å². The van der Waals surface area contributed by atoms with E-state index < -0.39 is 5.97 Å². The summed E-state index contributed by atoms with van der Waals surface area (Å²) in [5, 5.41) is 30.5. The van der Waals surface area contributed by atoms with Gasteiger partial charge in [0.15, 0.2) is 0 Å². The van der Waals surface area contributed by atoms with Crippen molar-refractivity contribution >= 4 is 5.97 Å². The van der Waals surface area contributed by atoms with Crippen molar-refractivity contribution in [2.45, 2.75) is 97.2 Å². The van der Waals surface area contributed by atoms with Crippen LogP contribution in [0.2, 0.25) is 0 Å². The summed E-state index contributed by atoms with van der Waals surface area (Å²) in [4.78, 5) is 11.1. The number of carboxylic acid groups (broad SMARTS) is 1. The molecular weight excluding hydrogens is 352 g/mol. The fourth-order valence-corrected chi connectivity index (χ4v) is 8.73. The van der Waals surface area contributed by atoms with E-state index in [-0.39, 0.29) is 29.5 Å². The average Bonchev–Trinajstić information content (AvgIpc) is 2.98. The van der Waals surface area contributed by atoms with E-state index >= 15 is 0 Å². The average molecular weight is 393 g/mol. The molecule has 4 fully saturated rings. The van der Waals surface area contributed by atoms with Gasteiger partial charge < -0.3 is 15.3 Å². The molecule has 160 valence electrons. The molecular formula is C24H40O4. The third-order valence-electron chi connectivity index (χ3n) is 10.2. The lowest BCUT2D eigenvalue weighted by Gasteiger charge is -2.62. The van der Waals surface area contributed by atoms with Crippen molar-refractivity contribution in [1.82, 2.24) is 0 Å². The van der Waals surface area contributed by atoms with E-state index in [1.807, 2.05) is 0 Å². The minimum absolute atomic E-state index is 0.179. The molecule has 0 saturated heterocycles. The van der Waals surface area contributed by atoms with E-state index in [0.717, 1.165) is 32.1 Å². The minimum atomic E-state index is -0.684. The molecule has 10 atom stereocenters. The number of aliphatic carboxylic acids is 1. The molecule has 2 unspecified atom stereocenters. The molecule has 0 radical (unpaired) electrons. The zero-order chi connectivity index (χ0) is 20.3. The number of carboxylic acids is 1. The predicted octanol–water partition coefficient (Wildman–Crippen LogP) is 4.48. The van der Waals surface area contributed by atoms with Gasteiger partial charge in [0.25, 0.3) is 0 Å². The van der Waals surface area contributed by atoms with Crippen LogP contribution in [0.4, 0.5) is 0 Å². The Morgan fingerprint density at radius 3 is 2.39 bits per heavy atom. The van der Waals surface area contributed by atoms with Gasteiger partial charge >= 0.3 is 5.97 Å². The number of carbonyl (C=O) groups is 1. The van der Waals surface area contributed by atoms with E-state index in [2.05, 4.69) is 20.8 Å². The van der Waals surface area contributed by atoms with Crippen molar-refractivity contribution in [3.63, 3.8) is 0 Å². The van der Waals surface area contributed by atoms with Crippen LogP contribution in [-0.4, -0.2) is 33.5 Å². The Labute approximate surface area is 170 Å². The quantitative estimate of drug-likeness (QED) is 0.659. The molecule has 0 spiro atoms. The summed E-state index contributed by atoms with van der Waals surface area (Å²) in [6.07, 6.45) is 9.19. The van der Waals surface area contributed by atoms with Crippen molar-refractivity contribution in [3.05, 3.63) is 0 Å². The Kier molecular flexibility index (Phi) is 5.36. The molecule has 0 aromatic heterocycles. The standard InChI is InChI=1S/C24H40O4/c1-14(4-7-21(27)28)17-5-6-18-22-19(9-11-24(17,18)3)23(2)10-8-16(25)12-15(23)13-20(22)26/h14-20,22,25-26H,4-13H2,1-3H3,(H,27,28)/t14-,15+,16-,17?,18+,19+,20+,22?,23+,24-/m1/s1. The molecule has 0 aliphatic heterocycles. The fraction of sp³-hybridized carbons (Fsp3) is 0.958. The van der Waals surface area contributed by atoms with Gasteiger partial charge in [0, 0.05) is 6.42 Å². The smallest absolute Gasteiger partial charge is 0.303 e. The van der Waals surface area contributed by atoms with Crippen LogP contribution in [0.15, 0.2) is 0 Å². The molecule has 3 N–H and O–H groups in total. The fourth-order valence-electron chi connectivity index (χ4n) is 8.73. The Morgan fingerprint density at radius 2 is 1.68 bits per heavy atom. The van der Waals surface area contributed by atoms with Crippen LogP contribution in [0.25, 0.3) is 0 Å². The van der Waals surface area contributed by atoms with E-state index in [0.29, 0.717) is 35.5 Å². The predicted molar refractivity (Wildman–Crippen MR) is 109 cm³/mol. The Morgan fingerprint density at radius 1 is 1.00 bits per heavy atom. The van der Waals surface area contributed by atoms with Gasteiger partial charge in [0.05, 0.1) is 12.2 Å². The van der Waals surface area contributed by atoms with Crippen LogP contribution in [0, 0.1) is 46.3 Å². The van der Waals surface area contributed by atoms with Gasteiger partial charge in [-0.15, -0.1) is 0 Å². The van der Waals surface area contributed by atoms with Crippen molar-refractivity contribution in [1.29, 1.82) is 0 Å². The third-order valence-corrected chi connectivity index (χ3v) is 10.2. The molecule has 4 saturated carbocycles. The highest BCUT2D eigenvalue weighted by atomic mass is 16.4. The molecule has 4 nitrogen and oxygen atoms in total. The highest BCUT2D eigenvalue weighted by molar-refractivity contribution is 5.66. The number of hydrogen-bond acceptors (Lipinski definition) is 3. The zero-order valence-electron chi connectivity index (χ0n) is 17.9. The summed E-state index contributed by atoms with van der Waals surface area (Å²) in [6, 6.07) is 0. The van der Waals surface area contributed by atoms with Crippen LogP contribution in [0.1, 0.15) is 85.0 Å². The molecule has 0 amide bonds. The van der Waals surface area contributed by atoms with Gasteiger partial charge in [-0.05, 0) is 104 Å². The molecule has 4 heteroatoms. The van der Waals surface area contributed by atoms with Crippen molar-refractivity contribution in [2.75, 3.05) is 0 Å². The number of hydrogen-bond donors (Lipinski definition) is 3. The highest BCUT2D eigenvalue weighted by Gasteiger charge is 2.62. The normalized spacial score (nSPS) is 51.7. The molecule has 0 aromatic carbocycles. The van der Waals surface area contributed by atoms with Crippen molar-refractivity contribution in [2.24, 2.45) is 46.3 Å². The lowest BCUT2D eigenvalue weighted by molar-refractivity contribution is -0.174. The summed E-state index contributed by atoms with van der Waals surface area (Å²) in [5.74, 6) is 2.36. The molecule has 0 bridgehead atoms. The number of aliphatic hydroxyl groups excluding tert-OH is 2. The van der Waals surface area contributed by atoms with Crippen LogP contribution in [0.5, 0.6) is 0 Å². The number of rotatable bonds is 4. The van der Waals surface area contributed by atoms with E-state index in [1.54, 1.807) is 0 Å². The van der Waals surface area contributed by atoms with Gasteiger partial charge in [0.2, 0.25) is 0 Å². The first-order chi connectivity index (χ1) is 13.2. The van der Waals surface area contributed by atoms with E-state index in [4.69, 9.17) is 5.11 Å². The summed E-state index contributed by atoms with van der Waals surface area (Å²) < 4.78 is 0. The molecule has 4 rings (SSSR count). The summed E-state index contributed by atoms with van der Waals surface area (Å²) in [5.41, 5.74) is 0.523. The van der Waals surface area contributed by atoms with Crippen molar-refractivity contribution < 1.29 is 20.1 Å². The zero-order valence-corrected chi connectivity index (χ0v) is 17.9. The van der Waals surface area contributed by atoms with Crippen LogP contribution in [-0.2, 0) is 4.79 Å². The summed E-state index contributed by atoms with van der Waals surface area (Å²) in [7, 11) is 0. The van der Waals surface area contributed by atoms with Gasteiger partial charge in [0.1, 0.15) is 0 Å². The van der Waals surface area contributed by atoms with Gasteiger partial charge in [-0.25, -0.2) is 0 Å². The maximum absolute atomic E-state index is 11.2. The summed E-state index contributed by atoms with van der Waals surface area (Å²) >= 11 is 0. The lowest BCUT2D eigenvalue weighted by atomic mass is 9.43. The maximum Gasteiger partial charge on any atom is 0.303 e. The first-order valence-electron chi connectivity index (χ1n) is 11.7. The summed E-state index contributed by atoms with van der Waals surface area (Å²) in [6.45, 7) is 7.16. The second kappa shape index (κ2) is 7.27. The third kappa shape index (κ3) is 3.14. The first-order valence-corrected chi connectivity index (χ1v) is 11.7. The van der Waals surface area contributed by atoms with E-state index in [9.17, 15) is 15.0 Å². The monoisotopic (exact) mass is 392 g/mol. The molecule has 4 aliphatic rings.